The Kier molecular flexibility index (Phi) is 4.37. The third-order valence-corrected chi connectivity index (χ3v) is 2.24. The maximum Gasteiger partial charge on any atom is 0.254 e. The highest BCUT2D eigenvalue weighted by Crippen LogP contribution is 2.11. The van der Waals surface area contributed by atoms with Gasteiger partial charge in [0.15, 0.2) is 11.6 Å². The average Bonchev–Trinajstić information content (AvgIpc) is 2.29. The van der Waals surface area contributed by atoms with E-state index in [2.05, 4.69) is 5.32 Å². The van der Waals surface area contributed by atoms with Crippen molar-refractivity contribution >= 4 is 5.91 Å². The lowest BCUT2D eigenvalue weighted by Crippen LogP contribution is -2.37. The molecule has 0 aliphatic rings. The Morgan fingerprint density at radius 1 is 1.50 bits per heavy atom. The number of nitrogens with one attached hydrogen (secondary N) is 1. The number of amides is 1. The van der Waals surface area contributed by atoms with Gasteiger partial charge in [0.1, 0.15) is 0 Å². The lowest BCUT2D eigenvalue weighted by atomic mass is 10.1. The number of aliphatic hydroxyl groups excluding tert-OH is 1. The van der Waals surface area contributed by atoms with Crippen LogP contribution < -0.4 is 5.32 Å². The topological polar surface area (TPSA) is 49.3 Å². The van der Waals surface area contributed by atoms with E-state index in [9.17, 15) is 13.6 Å². The molecule has 0 aliphatic carbocycles. The molecule has 0 bridgehead atoms. The lowest BCUT2D eigenvalue weighted by Gasteiger charge is -2.14. The molecule has 0 spiro atoms. The van der Waals surface area contributed by atoms with Crippen molar-refractivity contribution < 1.29 is 18.7 Å². The van der Waals surface area contributed by atoms with E-state index < -0.39 is 23.6 Å². The monoisotopic (exact) mass is 229 g/mol. The van der Waals surface area contributed by atoms with Crippen LogP contribution in [0.15, 0.2) is 18.2 Å². The van der Waals surface area contributed by atoms with Crippen molar-refractivity contribution in [2.24, 2.45) is 0 Å². The van der Waals surface area contributed by atoms with E-state index in [0.717, 1.165) is 6.07 Å². The number of carbonyl (C=O) groups excluding carboxylic acids is 1. The van der Waals surface area contributed by atoms with Gasteiger partial charge in [-0.15, -0.1) is 0 Å². The van der Waals surface area contributed by atoms with Crippen molar-refractivity contribution in [1.82, 2.24) is 5.32 Å². The summed E-state index contributed by atoms with van der Waals surface area (Å²) >= 11 is 0. The van der Waals surface area contributed by atoms with Crippen molar-refractivity contribution in [3.05, 3.63) is 35.4 Å². The van der Waals surface area contributed by atoms with Gasteiger partial charge in [0, 0.05) is 0 Å². The normalized spacial score (nSPS) is 12.2. The summed E-state index contributed by atoms with van der Waals surface area (Å²) in [5.74, 6) is -2.96. The highest BCUT2D eigenvalue weighted by Gasteiger charge is 2.17. The first-order valence-corrected chi connectivity index (χ1v) is 4.95. The van der Waals surface area contributed by atoms with E-state index in [4.69, 9.17) is 5.11 Å². The van der Waals surface area contributed by atoms with Crippen LogP contribution in [0.4, 0.5) is 8.78 Å². The van der Waals surface area contributed by atoms with Crippen LogP contribution in [-0.2, 0) is 0 Å². The lowest BCUT2D eigenvalue weighted by molar-refractivity contribution is 0.0910. The van der Waals surface area contributed by atoms with Crippen LogP contribution >= 0.6 is 0 Å². The molecule has 0 saturated heterocycles. The highest BCUT2D eigenvalue weighted by atomic mass is 19.2. The van der Waals surface area contributed by atoms with Gasteiger partial charge >= 0.3 is 0 Å². The van der Waals surface area contributed by atoms with Crippen molar-refractivity contribution in [1.29, 1.82) is 0 Å². The zero-order valence-electron chi connectivity index (χ0n) is 8.84. The summed E-state index contributed by atoms with van der Waals surface area (Å²) in [6.45, 7) is 1.53. The first kappa shape index (κ1) is 12.6. The number of hydrogen-bond acceptors (Lipinski definition) is 2. The van der Waals surface area contributed by atoms with Gasteiger partial charge in [0.05, 0.1) is 18.2 Å². The second-order valence-corrected chi connectivity index (χ2v) is 3.36. The summed E-state index contributed by atoms with van der Waals surface area (Å²) in [5, 5.41) is 11.3. The predicted octanol–water partition coefficient (Wildman–Crippen LogP) is 1.47. The van der Waals surface area contributed by atoms with Crippen LogP contribution in [0.1, 0.15) is 23.7 Å². The van der Waals surface area contributed by atoms with Crippen molar-refractivity contribution in [3.63, 3.8) is 0 Å². The molecule has 2 N–H and O–H groups in total. The molecule has 5 heteroatoms. The molecule has 0 unspecified atom stereocenters. The van der Waals surface area contributed by atoms with Crippen LogP contribution in [0, 0.1) is 11.6 Å². The zero-order chi connectivity index (χ0) is 12.1. The van der Waals surface area contributed by atoms with Gasteiger partial charge in [-0.25, -0.2) is 8.78 Å². The fraction of sp³-hybridized carbons (Fsp3) is 0.364. The van der Waals surface area contributed by atoms with Gasteiger partial charge in [-0.2, -0.15) is 0 Å². The Bertz CT molecular complexity index is 378. The summed E-state index contributed by atoms with van der Waals surface area (Å²) in [4.78, 5) is 11.5. The second-order valence-electron chi connectivity index (χ2n) is 3.36. The maximum atomic E-state index is 13.2. The van der Waals surface area contributed by atoms with E-state index in [0.29, 0.717) is 6.42 Å². The molecule has 3 nitrogen and oxygen atoms in total. The summed E-state index contributed by atoms with van der Waals surface area (Å²) in [5.41, 5.74) is -0.355. The zero-order valence-corrected chi connectivity index (χ0v) is 8.84. The first-order valence-electron chi connectivity index (χ1n) is 4.95. The van der Waals surface area contributed by atoms with Crippen molar-refractivity contribution in [3.8, 4) is 0 Å². The number of aliphatic hydroxyl groups is 1. The van der Waals surface area contributed by atoms with Gasteiger partial charge in [-0.3, -0.25) is 4.79 Å². The van der Waals surface area contributed by atoms with E-state index >= 15 is 0 Å². The molecule has 88 valence electrons. The molecular formula is C11H13F2NO2. The number of rotatable bonds is 4. The number of benzene rings is 1. The van der Waals surface area contributed by atoms with E-state index in [1.165, 1.54) is 12.1 Å². The highest BCUT2D eigenvalue weighted by molar-refractivity contribution is 5.94. The van der Waals surface area contributed by atoms with Crippen LogP contribution in [0.25, 0.3) is 0 Å². The average molecular weight is 229 g/mol. The summed E-state index contributed by atoms with van der Waals surface area (Å²) in [7, 11) is 0. The van der Waals surface area contributed by atoms with Gasteiger partial charge in [0.2, 0.25) is 0 Å². The van der Waals surface area contributed by atoms with Crippen molar-refractivity contribution in [2.75, 3.05) is 6.61 Å². The molecule has 1 amide bonds. The fourth-order valence-electron chi connectivity index (χ4n) is 1.22. The van der Waals surface area contributed by atoms with Crippen molar-refractivity contribution in [2.45, 2.75) is 19.4 Å². The van der Waals surface area contributed by atoms with Crippen LogP contribution in [-0.4, -0.2) is 23.7 Å². The molecule has 0 heterocycles. The van der Waals surface area contributed by atoms with E-state index in [1.54, 1.807) is 6.92 Å². The summed E-state index contributed by atoms with van der Waals surface area (Å²) < 4.78 is 26.0. The Hall–Kier alpha value is -1.49. The minimum Gasteiger partial charge on any atom is -0.394 e. The van der Waals surface area contributed by atoms with Gasteiger partial charge in [0.25, 0.3) is 5.91 Å². The number of halogens is 2. The Morgan fingerprint density at radius 3 is 2.75 bits per heavy atom. The molecule has 0 aliphatic heterocycles. The molecule has 1 atom stereocenters. The smallest absolute Gasteiger partial charge is 0.254 e. The van der Waals surface area contributed by atoms with E-state index in [1.807, 2.05) is 0 Å². The summed E-state index contributed by atoms with van der Waals surface area (Å²) in [6.07, 6.45) is 0.513. The quantitative estimate of drug-likeness (QED) is 0.821. The predicted molar refractivity (Wildman–Crippen MR) is 55.0 cm³/mol. The van der Waals surface area contributed by atoms with Crippen LogP contribution in [0.3, 0.4) is 0 Å². The molecular weight excluding hydrogens is 216 g/mol. The van der Waals surface area contributed by atoms with Gasteiger partial charge in [-0.1, -0.05) is 13.0 Å². The molecule has 0 aromatic heterocycles. The molecule has 0 fully saturated rings. The third-order valence-electron chi connectivity index (χ3n) is 2.24. The molecule has 1 rings (SSSR count). The minimum atomic E-state index is -1.17. The molecule has 0 radical (unpaired) electrons. The maximum absolute atomic E-state index is 13.2. The molecule has 1 aromatic carbocycles. The molecule has 0 saturated carbocycles. The SMILES string of the molecule is CC[C@@H](CO)NC(=O)c1cccc(F)c1F. The Morgan fingerprint density at radius 2 is 2.19 bits per heavy atom. The number of carbonyl (C=O) groups is 1. The fourth-order valence-corrected chi connectivity index (χ4v) is 1.22. The Labute approximate surface area is 92.1 Å². The second kappa shape index (κ2) is 5.55. The standard InChI is InChI=1S/C11H13F2NO2/c1-2-7(6-15)14-11(16)8-4-3-5-9(12)10(8)13/h3-5,7,15H,2,6H2,1H3,(H,14,16)/t7-/m0/s1. The third kappa shape index (κ3) is 2.76. The van der Waals surface area contributed by atoms with E-state index in [-0.39, 0.29) is 12.2 Å². The Balaban J connectivity index is 2.84. The number of hydrogen-bond donors (Lipinski definition) is 2. The van der Waals surface area contributed by atoms with Gasteiger partial charge in [-0.05, 0) is 18.6 Å². The molecule has 1 aromatic rings. The van der Waals surface area contributed by atoms with Gasteiger partial charge < -0.3 is 10.4 Å². The van der Waals surface area contributed by atoms with Crippen LogP contribution in [0.5, 0.6) is 0 Å². The first-order chi connectivity index (χ1) is 7.60. The van der Waals surface area contributed by atoms with Crippen LogP contribution in [0.2, 0.25) is 0 Å². The summed E-state index contributed by atoms with van der Waals surface area (Å²) in [6, 6.07) is 2.94. The minimum absolute atomic E-state index is 0.237. The molecule has 16 heavy (non-hydrogen) atoms. The largest absolute Gasteiger partial charge is 0.394 e.